The summed E-state index contributed by atoms with van der Waals surface area (Å²) in [5, 5.41) is 28.5. The van der Waals surface area contributed by atoms with Crippen LogP contribution in [0.25, 0.3) is 0 Å². The number of amides is 1. The van der Waals surface area contributed by atoms with Crippen LogP contribution in [0.3, 0.4) is 0 Å². The van der Waals surface area contributed by atoms with E-state index < -0.39 is 36.6 Å². The maximum atomic E-state index is 10.9. The van der Waals surface area contributed by atoms with Gasteiger partial charge in [-0.2, -0.15) is 0 Å². The third-order valence-electron chi connectivity index (χ3n) is 2.26. The largest absolute Gasteiger partial charge is 0.387 e. The topological polar surface area (TPSA) is 122 Å². The molecule has 5 N–H and O–H groups in total. The normalized spacial score (nSPS) is 40.0. The molecule has 0 saturated carbocycles. The van der Waals surface area contributed by atoms with E-state index in [-0.39, 0.29) is 6.10 Å². The maximum absolute atomic E-state index is 10.9. The van der Waals surface area contributed by atoms with Gasteiger partial charge in [0, 0.05) is 0 Å². The summed E-state index contributed by atoms with van der Waals surface area (Å²) in [6, 6.07) is 0. The summed E-state index contributed by atoms with van der Waals surface area (Å²) in [7, 11) is 0. The van der Waals surface area contributed by atoms with E-state index in [0.29, 0.717) is 0 Å². The summed E-state index contributed by atoms with van der Waals surface area (Å²) >= 11 is 0. The van der Waals surface area contributed by atoms with Crippen LogP contribution in [0.5, 0.6) is 0 Å². The third-order valence-corrected chi connectivity index (χ3v) is 2.26. The Morgan fingerprint density at radius 1 is 1.25 bits per heavy atom. The van der Waals surface area contributed by atoms with Crippen LogP contribution >= 0.6 is 0 Å². The minimum atomic E-state index is -1.56. The lowest BCUT2D eigenvalue weighted by molar-refractivity contribution is -0.297. The van der Waals surface area contributed by atoms with E-state index in [0.717, 1.165) is 0 Å². The summed E-state index contributed by atoms with van der Waals surface area (Å²) in [5.41, 5.74) is 4.99. The molecule has 94 valence electrons. The van der Waals surface area contributed by atoms with Crippen LogP contribution < -0.4 is 5.73 Å². The zero-order valence-electron chi connectivity index (χ0n) is 9.11. The van der Waals surface area contributed by atoms with Crippen molar-refractivity contribution >= 4 is 5.91 Å². The molecule has 0 radical (unpaired) electrons. The summed E-state index contributed by atoms with van der Waals surface area (Å²) in [6.45, 7) is 3.40. The van der Waals surface area contributed by atoms with E-state index in [2.05, 4.69) is 0 Å². The molecule has 0 bridgehead atoms. The minimum absolute atomic E-state index is 0.268. The van der Waals surface area contributed by atoms with Gasteiger partial charge >= 0.3 is 0 Å². The minimum Gasteiger partial charge on any atom is -0.387 e. The van der Waals surface area contributed by atoms with Crippen molar-refractivity contribution in [1.29, 1.82) is 0 Å². The van der Waals surface area contributed by atoms with Gasteiger partial charge in [0.05, 0.1) is 6.10 Å². The van der Waals surface area contributed by atoms with Gasteiger partial charge in [-0.25, -0.2) is 0 Å². The van der Waals surface area contributed by atoms with Crippen LogP contribution in [0.4, 0.5) is 0 Å². The Bertz CT molecular complexity index is 258. The van der Waals surface area contributed by atoms with E-state index in [4.69, 9.17) is 15.2 Å². The van der Waals surface area contributed by atoms with Crippen molar-refractivity contribution in [2.45, 2.75) is 50.7 Å². The number of hydrogen-bond donors (Lipinski definition) is 4. The fraction of sp³-hybridized carbons (Fsp3) is 0.889. The molecular formula is C9H17NO6. The average molecular weight is 235 g/mol. The van der Waals surface area contributed by atoms with Gasteiger partial charge in [-0.15, -0.1) is 0 Å². The highest BCUT2D eigenvalue weighted by molar-refractivity contribution is 5.79. The van der Waals surface area contributed by atoms with Crippen LogP contribution in [0.15, 0.2) is 0 Å². The molecule has 16 heavy (non-hydrogen) atoms. The van der Waals surface area contributed by atoms with Gasteiger partial charge in [0.1, 0.15) is 18.3 Å². The Balaban J connectivity index is 2.77. The molecule has 0 aromatic heterocycles. The summed E-state index contributed by atoms with van der Waals surface area (Å²) in [4.78, 5) is 10.9. The zero-order valence-corrected chi connectivity index (χ0v) is 9.11. The molecule has 1 amide bonds. The van der Waals surface area contributed by atoms with E-state index >= 15 is 0 Å². The number of ether oxygens (including phenoxy) is 2. The number of aliphatic hydroxyl groups excluding tert-OH is 3. The zero-order chi connectivity index (χ0) is 12.5. The lowest BCUT2D eigenvalue weighted by Gasteiger charge is -2.39. The molecule has 0 aromatic carbocycles. The molecule has 5 atom stereocenters. The quantitative estimate of drug-likeness (QED) is 0.436. The van der Waals surface area contributed by atoms with Gasteiger partial charge in [0.2, 0.25) is 5.91 Å². The van der Waals surface area contributed by atoms with Crippen molar-refractivity contribution in [1.82, 2.24) is 0 Å². The van der Waals surface area contributed by atoms with Crippen molar-refractivity contribution in [3.05, 3.63) is 0 Å². The molecular weight excluding hydrogens is 218 g/mol. The first kappa shape index (κ1) is 13.3. The molecule has 1 heterocycles. The Morgan fingerprint density at radius 3 is 2.25 bits per heavy atom. The molecule has 1 aliphatic rings. The van der Waals surface area contributed by atoms with Crippen molar-refractivity contribution in [3.63, 3.8) is 0 Å². The van der Waals surface area contributed by atoms with Crippen molar-refractivity contribution in [3.8, 4) is 0 Å². The molecule has 7 heteroatoms. The van der Waals surface area contributed by atoms with Crippen molar-refractivity contribution in [2.75, 3.05) is 0 Å². The van der Waals surface area contributed by atoms with Gasteiger partial charge in [-0.05, 0) is 13.8 Å². The van der Waals surface area contributed by atoms with Gasteiger partial charge in [0.15, 0.2) is 12.4 Å². The SMILES string of the molecule is CC(C)OC1OC(C(N)=O)[C@@H](O)C(O)[C@@H]1O. The lowest BCUT2D eigenvalue weighted by atomic mass is 9.98. The second-order valence-electron chi connectivity index (χ2n) is 3.98. The first-order chi connectivity index (χ1) is 7.34. The smallest absolute Gasteiger partial charge is 0.249 e. The molecule has 3 unspecified atom stereocenters. The third kappa shape index (κ3) is 2.69. The predicted octanol–water partition coefficient (Wildman–Crippen LogP) is -2.30. The number of primary amides is 1. The van der Waals surface area contributed by atoms with Crippen LogP contribution in [-0.4, -0.2) is 58.0 Å². The average Bonchev–Trinajstić information content (AvgIpc) is 2.18. The first-order valence-electron chi connectivity index (χ1n) is 4.99. The Hall–Kier alpha value is -0.730. The Kier molecular flexibility index (Phi) is 4.22. The van der Waals surface area contributed by atoms with Gasteiger partial charge in [-0.3, -0.25) is 4.79 Å². The van der Waals surface area contributed by atoms with Crippen LogP contribution in [0, 0.1) is 0 Å². The van der Waals surface area contributed by atoms with Crippen LogP contribution in [0.1, 0.15) is 13.8 Å². The van der Waals surface area contributed by atoms with Crippen molar-refractivity contribution < 1.29 is 29.6 Å². The number of carbonyl (C=O) groups excluding carboxylic acids is 1. The second kappa shape index (κ2) is 5.07. The summed E-state index contributed by atoms with van der Waals surface area (Å²) in [6.07, 6.45) is -7.35. The lowest BCUT2D eigenvalue weighted by Crippen LogP contribution is -2.61. The molecule has 0 aliphatic carbocycles. The molecule has 1 fully saturated rings. The number of nitrogens with two attached hydrogens (primary N) is 1. The van der Waals surface area contributed by atoms with E-state index in [1.807, 2.05) is 0 Å². The fourth-order valence-electron chi connectivity index (χ4n) is 1.46. The maximum Gasteiger partial charge on any atom is 0.249 e. The van der Waals surface area contributed by atoms with Gasteiger partial charge < -0.3 is 30.5 Å². The number of carbonyl (C=O) groups is 1. The van der Waals surface area contributed by atoms with Crippen LogP contribution in [0.2, 0.25) is 0 Å². The number of aliphatic hydroxyl groups is 3. The van der Waals surface area contributed by atoms with Gasteiger partial charge in [-0.1, -0.05) is 0 Å². The highest BCUT2D eigenvalue weighted by atomic mass is 16.7. The second-order valence-corrected chi connectivity index (χ2v) is 3.98. The number of hydrogen-bond acceptors (Lipinski definition) is 6. The van der Waals surface area contributed by atoms with Crippen molar-refractivity contribution in [2.24, 2.45) is 5.73 Å². The first-order valence-corrected chi connectivity index (χ1v) is 4.99. The molecule has 1 rings (SSSR count). The molecule has 0 spiro atoms. The van der Waals surface area contributed by atoms with Gasteiger partial charge in [0.25, 0.3) is 0 Å². The highest BCUT2D eigenvalue weighted by Gasteiger charge is 2.46. The molecule has 1 aliphatic heterocycles. The predicted molar refractivity (Wildman–Crippen MR) is 52.1 cm³/mol. The highest BCUT2D eigenvalue weighted by Crippen LogP contribution is 2.22. The standard InChI is InChI=1S/C9H17NO6/c1-3(2)15-9-6(13)4(11)5(12)7(16-9)8(10)14/h3-7,9,11-13H,1-2H3,(H2,10,14)/t4?,5-,6-,7?,9?/m0/s1. The summed E-state index contributed by atoms with van der Waals surface area (Å²) in [5.74, 6) is -0.921. The summed E-state index contributed by atoms with van der Waals surface area (Å²) < 4.78 is 10.1. The molecule has 0 aromatic rings. The van der Waals surface area contributed by atoms with E-state index in [1.54, 1.807) is 13.8 Å². The van der Waals surface area contributed by atoms with Crippen LogP contribution in [-0.2, 0) is 14.3 Å². The molecule has 1 saturated heterocycles. The Labute approximate surface area is 92.8 Å². The monoisotopic (exact) mass is 235 g/mol. The van der Waals surface area contributed by atoms with E-state index in [9.17, 15) is 20.1 Å². The van der Waals surface area contributed by atoms with E-state index in [1.165, 1.54) is 0 Å². The Morgan fingerprint density at radius 2 is 1.81 bits per heavy atom. The molecule has 7 nitrogen and oxygen atoms in total. The number of rotatable bonds is 3. The fourth-order valence-corrected chi connectivity index (χ4v) is 1.46.